The van der Waals surface area contributed by atoms with Crippen molar-refractivity contribution in [3.05, 3.63) is 62.1 Å². The van der Waals surface area contributed by atoms with E-state index < -0.39 is 16.7 Å². The first kappa shape index (κ1) is 19.2. The van der Waals surface area contributed by atoms with Gasteiger partial charge in [-0.15, -0.1) is 0 Å². The van der Waals surface area contributed by atoms with Crippen molar-refractivity contribution in [3.8, 4) is 11.5 Å². The lowest BCUT2D eigenvalue weighted by molar-refractivity contribution is -0.385. The van der Waals surface area contributed by atoms with E-state index in [0.29, 0.717) is 17.7 Å². The second-order valence-corrected chi connectivity index (χ2v) is 6.25. The molecule has 0 saturated heterocycles. The molecule has 0 N–H and O–H groups in total. The molecule has 2 rings (SSSR count). The van der Waals surface area contributed by atoms with Gasteiger partial charge in [0.05, 0.1) is 15.0 Å². The van der Waals surface area contributed by atoms with Crippen LogP contribution in [-0.2, 0) is 12.6 Å². The Balaban J connectivity index is 2.29. The third-order valence-corrected chi connectivity index (χ3v) is 4.15. The highest BCUT2D eigenvalue weighted by atomic mass is 79.9. The quantitative estimate of drug-likeness (QED) is 0.397. The van der Waals surface area contributed by atoms with Gasteiger partial charge in [0, 0.05) is 11.6 Å². The predicted molar refractivity (Wildman–Crippen MR) is 90.9 cm³/mol. The van der Waals surface area contributed by atoms with Gasteiger partial charge in [-0.2, -0.15) is 13.2 Å². The molecule has 0 aliphatic carbocycles. The summed E-state index contributed by atoms with van der Waals surface area (Å²) in [6.45, 7) is 1.98. The molecular weight excluding hydrogens is 403 g/mol. The Bertz CT molecular complexity index is 778. The van der Waals surface area contributed by atoms with E-state index in [9.17, 15) is 23.3 Å². The first-order valence-electron chi connectivity index (χ1n) is 7.54. The molecule has 0 saturated carbocycles. The van der Waals surface area contributed by atoms with Gasteiger partial charge in [0.15, 0.2) is 0 Å². The molecule has 0 aliphatic heterocycles. The lowest BCUT2D eigenvalue weighted by atomic mass is 10.1. The molecule has 0 heterocycles. The normalized spacial score (nSPS) is 11.4. The molecule has 8 heteroatoms. The second kappa shape index (κ2) is 7.86. The number of nitro groups is 1. The molecule has 0 atom stereocenters. The molecule has 0 fully saturated rings. The topological polar surface area (TPSA) is 52.4 Å². The van der Waals surface area contributed by atoms with Gasteiger partial charge in [0.1, 0.15) is 11.5 Å². The van der Waals surface area contributed by atoms with E-state index >= 15 is 0 Å². The molecule has 0 bridgehead atoms. The maximum atomic E-state index is 12.7. The molecule has 0 amide bonds. The molecule has 2 aromatic rings. The van der Waals surface area contributed by atoms with Crippen LogP contribution in [0, 0.1) is 10.1 Å². The Kier molecular flexibility index (Phi) is 6.05. The zero-order valence-corrected chi connectivity index (χ0v) is 14.9. The highest BCUT2D eigenvalue weighted by Gasteiger charge is 2.31. The van der Waals surface area contributed by atoms with Gasteiger partial charge in [0.25, 0.3) is 5.69 Å². The number of aryl methyl sites for hydroxylation is 1. The number of hydrogen-bond donors (Lipinski definition) is 0. The summed E-state index contributed by atoms with van der Waals surface area (Å²) in [6.07, 6.45) is -2.25. The van der Waals surface area contributed by atoms with Crippen molar-refractivity contribution in [1.29, 1.82) is 0 Å². The van der Waals surface area contributed by atoms with Gasteiger partial charge in [-0.3, -0.25) is 10.1 Å². The summed E-state index contributed by atoms with van der Waals surface area (Å²) in [7, 11) is 0. The van der Waals surface area contributed by atoms with Gasteiger partial charge < -0.3 is 4.74 Å². The minimum atomic E-state index is -4.44. The lowest BCUT2D eigenvalue weighted by Gasteiger charge is -2.12. The number of unbranched alkanes of at least 4 members (excludes halogenated alkanes) is 1. The Morgan fingerprint density at radius 3 is 2.48 bits per heavy atom. The summed E-state index contributed by atoms with van der Waals surface area (Å²) in [5.74, 6) is 0.528. The fourth-order valence-electron chi connectivity index (χ4n) is 2.26. The van der Waals surface area contributed by atoms with E-state index in [-0.39, 0.29) is 15.9 Å². The average molecular weight is 418 g/mol. The summed E-state index contributed by atoms with van der Waals surface area (Å²) < 4.78 is 43.8. The summed E-state index contributed by atoms with van der Waals surface area (Å²) in [4.78, 5) is 10.6. The first-order valence-corrected chi connectivity index (χ1v) is 8.33. The third-order valence-electron chi connectivity index (χ3n) is 3.53. The summed E-state index contributed by atoms with van der Waals surface area (Å²) >= 11 is 3.06. The van der Waals surface area contributed by atoms with Crippen LogP contribution in [0.4, 0.5) is 18.9 Å². The van der Waals surface area contributed by atoms with Crippen LogP contribution in [-0.4, -0.2) is 4.92 Å². The Hall–Kier alpha value is -2.09. The largest absolute Gasteiger partial charge is 0.456 e. The molecule has 0 aromatic heterocycles. The summed E-state index contributed by atoms with van der Waals surface area (Å²) in [5.41, 5.74) is -0.251. The van der Waals surface area contributed by atoms with Crippen LogP contribution in [0.15, 0.2) is 40.9 Å². The number of rotatable bonds is 6. The number of benzene rings is 2. The minimum absolute atomic E-state index is 0.00675. The van der Waals surface area contributed by atoms with Crippen molar-refractivity contribution >= 4 is 21.6 Å². The molecule has 134 valence electrons. The van der Waals surface area contributed by atoms with Crippen LogP contribution >= 0.6 is 15.9 Å². The van der Waals surface area contributed by atoms with Crippen molar-refractivity contribution in [2.75, 3.05) is 0 Å². The Morgan fingerprint density at radius 2 is 1.92 bits per heavy atom. The fraction of sp³-hybridized carbons (Fsp3) is 0.294. The molecule has 0 spiro atoms. The highest BCUT2D eigenvalue weighted by molar-refractivity contribution is 9.10. The van der Waals surface area contributed by atoms with Crippen LogP contribution in [0.1, 0.15) is 30.9 Å². The first-order chi connectivity index (χ1) is 11.7. The number of alkyl halides is 3. The van der Waals surface area contributed by atoms with E-state index in [0.717, 1.165) is 25.0 Å². The molecule has 0 unspecified atom stereocenters. The standard InChI is InChI=1S/C17H15BrF3NO3/c1-2-3-4-11-9-13(6-7-15(11)22(23)24)25-16-8-5-12(10-14(16)18)17(19,20)21/h5-10H,2-4H2,1H3. The smallest absolute Gasteiger partial charge is 0.416 e. The molecule has 4 nitrogen and oxygen atoms in total. The predicted octanol–water partition coefficient (Wildman–Crippen LogP) is 6.51. The van der Waals surface area contributed by atoms with Crippen molar-refractivity contribution in [1.82, 2.24) is 0 Å². The van der Waals surface area contributed by atoms with Crippen LogP contribution in [0.5, 0.6) is 11.5 Å². The van der Waals surface area contributed by atoms with Crippen LogP contribution < -0.4 is 4.74 Å². The van der Waals surface area contributed by atoms with Crippen LogP contribution in [0.3, 0.4) is 0 Å². The maximum absolute atomic E-state index is 12.7. The van der Waals surface area contributed by atoms with Gasteiger partial charge in [-0.05, 0) is 59.1 Å². The molecule has 0 radical (unpaired) electrons. The van der Waals surface area contributed by atoms with Crippen LogP contribution in [0.2, 0.25) is 0 Å². The minimum Gasteiger partial charge on any atom is -0.456 e. The molecule has 25 heavy (non-hydrogen) atoms. The fourth-order valence-corrected chi connectivity index (χ4v) is 2.72. The van der Waals surface area contributed by atoms with E-state index in [4.69, 9.17) is 4.74 Å². The van der Waals surface area contributed by atoms with Gasteiger partial charge in [-0.25, -0.2) is 0 Å². The number of halogens is 4. The number of ether oxygens (including phenoxy) is 1. The van der Waals surface area contributed by atoms with E-state index in [1.165, 1.54) is 18.2 Å². The number of nitro benzene ring substituents is 1. The van der Waals surface area contributed by atoms with Crippen molar-refractivity contribution in [2.45, 2.75) is 32.4 Å². The monoisotopic (exact) mass is 417 g/mol. The van der Waals surface area contributed by atoms with Crippen molar-refractivity contribution in [3.63, 3.8) is 0 Å². The SMILES string of the molecule is CCCCc1cc(Oc2ccc(C(F)(F)F)cc2Br)ccc1[N+](=O)[O-]. The summed E-state index contributed by atoms with van der Waals surface area (Å²) in [5, 5.41) is 11.1. The second-order valence-electron chi connectivity index (χ2n) is 5.40. The number of nitrogens with zero attached hydrogens (tertiary/aromatic N) is 1. The average Bonchev–Trinajstić information content (AvgIpc) is 2.53. The van der Waals surface area contributed by atoms with Gasteiger partial charge >= 0.3 is 6.18 Å². The zero-order valence-electron chi connectivity index (χ0n) is 13.3. The highest BCUT2D eigenvalue weighted by Crippen LogP contribution is 2.37. The van der Waals surface area contributed by atoms with Crippen molar-refractivity contribution < 1.29 is 22.8 Å². The van der Waals surface area contributed by atoms with Gasteiger partial charge in [0.2, 0.25) is 0 Å². The van der Waals surface area contributed by atoms with E-state index in [2.05, 4.69) is 15.9 Å². The van der Waals surface area contributed by atoms with Gasteiger partial charge in [-0.1, -0.05) is 13.3 Å². The Morgan fingerprint density at radius 1 is 1.20 bits per heavy atom. The zero-order chi connectivity index (χ0) is 18.6. The maximum Gasteiger partial charge on any atom is 0.416 e. The van der Waals surface area contributed by atoms with Crippen molar-refractivity contribution in [2.24, 2.45) is 0 Å². The third kappa shape index (κ3) is 4.94. The van der Waals surface area contributed by atoms with E-state index in [1.54, 1.807) is 6.07 Å². The number of hydrogen-bond acceptors (Lipinski definition) is 3. The van der Waals surface area contributed by atoms with E-state index in [1.807, 2.05) is 6.92 Å². The Labute approximate surface area is 150 Å². The summed E-state index contributed by atoms with van der Waals surface area (Å²) in [6, 6.07) is 7.39. The molecule has 0 aliphatic rings. The van der Waals surface area contributed by atoms with Crippen LogP contribution in [0.25, 0.3) is 0 Å². The lowest BCUT2D eigenvalue weighted by Crippen LogP contribution is -2.04. The molecular formula is C17H15BrF3NO3. The molecule has 2 aromatic carbocycles.